The average molecular weight is 290 g/mol. The topological polar surface area (TPSA) is 94.7 Å². The molecule has 21 heavy (non-hydrogen) atoms. The molecule has 112 valence electrons. The molecule has 8 heteroatoms. The number of carbonyl (C=O) groups excluding carboxylic acids is 1. The maximum absolute atomic E-state index is 12.2. The zero-order valence-corrected chi connectivity index (χ0v) is 12.2. The molecule has 0 aromatic carbocycles. The fourth-order valence-corrected chi connectivity index (χ4v) is 1.80. The van der Waals surface area contributed by atoms with Crippen LogP contribution in [0.1, 0.15) is 24.3 Å². The molecule has 1 atom stereocenters. The Morgan fingerprint density at radius 3 is 2.52 bits per heavy atom. The first kappa shape index (κ1) is 14.9. The Morgan fingerprint density at radius 2 is 1.95 bits per heavy atom. The molecule has 8 nitrogen and oxygen atoms in total. The van der Waals surface area contributed by atoms with E-state index in [0.717, 1.165) is 4.68 Å². The van der Waals surface area contributed by atoms with E-state index in [0.29, 0.717) is 6.54 Å². The van der Waals surface area contributed by atoms with Gasteiger partial charge >= 0.3 is 0 Å². The fourth-order valence-electron chi connectivity index (χ4n) is 1.80. The summed E-state index contributed by atoms with van der Waals surface area (Å²) >= 11 is 0. The van der Waals surface area contributed by atoms with Gasteiger partial charge in [0.1, 0.15) is 5.69 Å². The van der Waals surface area contributed by atoms with E-state index >= 15 is 0 Å². The molecule has 2 heterocycles. The summed E-state index contributed by atoms with van der Waals surface area (Å²) < 4.78 is 1.13. The summed E-state index contributed by atoms with van der Waals surface area (Å²) in [6, 6.07) is 2.60. The monoisotopic (exact) mass is 290 g/mol. The third kappa shape index (κ3) is 3.74. The molecule has 0 unspecified atom stereocenters. The van der Waals surface area contributed by atoms with Gasteiger partial charge in [-0.1, -0.05) is 13.8 Å². The predicted octanol–water partition coefficient (Wildman–Crippen LogP) is -0.174. The van der Waals surface area contributed by atoms with E-state index < -0.39 is 0 Å². The highest BCUT2D eigenvalue weighted by Crippen LogP contribution is 2.05. The van der Waals surface area contributed by atoms with Crippen LogP contribution in [0.4, 0.5) is 0 Å². The Morgan fingerprint density at radius 1 is 1.29 bits per heavy atom. The second-order valence-corrected chi connectivity index (χ2v) is 5.09. The van der Waals surface area contributed by atoms with Gasteiger partial charge in [-0.3, -0.25) is 9.59 Å². The molecule has 0 radical (unpaired) electrons. The number of nitrogens with one attached hydrogen (secondary N) is 1. The van der Waals surface area contributed by atoms with Crippen molar-refractivity contribution in [3.8, 4) is 0 Å². The first-order valence-electron chi connectivity index (χ1n) is 6.66. The Bertz CT molecular complexity index is 662. The normalized spacial score (nSPS) is 12.4. The maximum atomic E-state index is 12.2. The molecule has 2 aromatic rings. The summed E-state index contributed by atoms with van der Waals surface area (Å²) in [5, 5.41) is 14.9. The number of aromatic nitrogens is 5. The average Bonchev–Trinajstić information content (AvgIpc) is 2.93. The molecular weight excluding hydrogens is 272 g/mol. The van der Waals surface area contributed by atoms with Gasteiger partial charge in [0, 0.05) is 13.1 Å². The second-order valence-electron chi connectivity index (χ2n) is 5.09. The van der Waals surface area contributed by atoms with E-state index in [2.05, 4.69) is 20.6 Å². The van der Waals surface area contributed by atoms with Crippen LogP contribution >= 0.6 is 0 Å². The van der Waals surface area contributed by atoms with E-state index in [-0.39, 0.29) is 29.1 Å². The quantitative estimate of drug-likeness (QED) is 0.824. The van der Waals surface area contributed by atoms with Crippen LogP contribution < -0.4 is 10.9 Å². The molecule has 0 aliphatic carbocycles. The lowest BCUT2D eigenvalue weighted by molar-refractivity contribution is 0.0910. The number of hydrogen-bond donors (Lipinski definition) is 1. The van der Waals surface area contributed by atoms with Crippen LogP contribution in [0, 0.1) is 5.92 Å². The third-order valence-corrected chi connectivity index (χ3v) is 3.14. The predicted molar refractivity (Wildman–Crippen MR) is 75.6 cm³/mol. The molecular formula is C13H18N6O2. The number of nitrogens with zero attached hydrogens (tertiary/aromatic N) is 5. The van der Waals surface area contributed by atoms with Crippen molar-refractivity contribution < 1.29 is 4.79 Å². The highest BCUT2D eigenvalue weighted by atomic mass is 16.2. The van der Waals surface area contributed by atoms with E-state index in [1.54, 1.807) is 12.4 Å². The first-order chi connectivity index (χ1) is 9.97. The van der Waals surface area contributed by atoms with Crippen LogP contribution in [0.25, 0.3) is 0 Å². The van der Waals surface area contributed by atoms with Gasteiger partial charge < -0.3 is 5.32 Å². The van der Waals surface area contributed by atoms with Gasteiger partial charge in [0.15, 0.2) is 0 Å². The van der Waals surface area contributed by atoms with Gasteiger partial charge in [-0.05, 0) is 12.0 Å². The summed E-state index contributed by atoms with van der Waals surface area (Å²) in [6.45, 7) is 4.48. The van der Waals surface area contributed by atoms with Gasteiger partial charge in [0.05, 0.1) is 25.0 Å². The lowest BCUT2D eigenvalue weighted by atomic mass is 10.0. The molecule has 0 spiro atoms. The van der Waals surface area contributed by atoms with Crippen LogP contribution in [0.3, 0.4) is 0 Å². The standard InChI is InChI=1S/C13H18N6O2/c1-9(2)11(8-19-14-6-7-15-19)16-13(21)10-4-5-12(20)18(3)17-10/h4-7,9,11H,8H2,1-3H3,(H,16,21)/t11-/m1/s1. The van der Waals surface area contributed by atoms with Crippen molar-refractivity contribution in [2.75, 3.05) is 0 Å². The van der Waals surface area contributed by atoms with Crippen molar-refractivity contribution in [1.82, 2.24) is 30.1 Å². The Balaban J connectivity index is 2.10. The van der Waals surface area contributed by atoms with Crippen molar-refractivity contribution in [2.24, 2.45) is 13.0 Å². The van der Waals surface area contributed by atoms with Gasteiger partial charge in [-0.15, -0.1) is 0 Å². The van der Waals surface area contributed by atoms with Crippen LogP contribution in [0.5, 0.6) is 0 Å². The van der Waals surface area contributed by atoms with Crippen molar-refractivity contribution in [3.63, 3.8) is 0 Å². The van der Waals surface area contributed by atoms with Crippen molar-refractivity contribution in [1.29, 1.82) is 0 Å². The van der Waals surface area contributed by atoms with Gasteiger partial charge in [0.25, 0.3) is 11.5 Å². The summed E-state index contributed by atoms with van der Waals surface area (Å²) in [5.41, 5.74) is -0.0520. The molecule has 0 fully saturated rings. The first-order valence-corrected chi connectivity index (χ1v) is 6.66. The van der Waals surface area contributed by atoms with E-state index in [9.17, 15) is 9.59 Å². The summed E-state index contributed by atoms with van der Waals surface area (Å²) in [5.74, 6) is -0.121. The molecule has 0 bridgehead atoms. The molecule has 0 aliphatic rings. The molecule has 1 amide bonds. The lowest BCUT2D eigenvalue weighted by Crippen LogP contribution is -2.42. The maximum Gasteiger partial charge on any atom is 0.272 e. The van der Waals surface area contributed by atoms with Crippen LogP contribution in [-0.4, -0.2) is 36.7 Å². The Labute approximate surface area is 121 Å². The SMILES string of the molecule is CC(C)[C@@H](Cn1nccn1)NC(=O)c1ccc(=O)n(C)n1. The van der Waals surface area contributed by atoms with Gasteiger partial charge in [-0.2, -0.15) is 20.1 Å². The zero-order chi connectivity index (χ0) is 15.4. The summed E-state index contributed by atoms with van der Waals surface area (Å²) in [6.07, 6.45) is 3.18. The Hall–Kier alpha value is -2.51. The fraction of sp³-hybridized carbons (Fsp3) is 0.462. The van der Waals surface area contributed by atoms with Crippen molar-refractivity contribution >= 4 is 5.91 Å². The van der Waals surface area contributed by atoms with Gasteiger partial charge in [-0.25, -0.2) is 4.68 Å². The van der Waals surface area contributed by atoms with Crippen molar-refractivity contribution in [3.05, 3.63) is 40.6 Å². The Kier molecular flexibility index (Phi) is 4.46. The number of rotatable bonds is 5. The summed E-state index contributed by atoms with van der Waals surface area (Å²) in [7, 11) is 1.51. The zero-order valence-electron chi connectivity index (χ0n) is 12.2. The molecule has 0 saturated carbocycles. The van der Waals surface area contributed by atoms with Crippen molar-refractivity contribution in [2.45, 2.75) is 26.4 Å². The highest BCUT2D eigenvalue weighted by molar-refractivity contribution is 5.92. The minimum absolute atomic E-state index is 0.135. The smallest absolute Gasteiger partial charge is 0.272 e. The molecule has 1 N–H and O–H groups in total. The number of hydrogen-bond acceptors (Lipinski definition) is 5. The number of aryl methyl sites for hydroxylation is 1. The highest BCUT2D eigenvalue weighted by Gasteiger charge is 2.19. The minimum atomic E-state index is -0.323. The second kappa shape index (κ2) is 6.29. The molecule has 0 saturated heterocycles. The molecule has 2 aromatic heterocycles. The number of amides is 1. The lowest BCUT2D eigenvalue weighted by Gasteiger charge is -2.21. The van der Waals surface area contributed by atoms with E-state index in [4.69, 9.17) is 0 Å². The molecule has 2 rings (SSSR count). The van der Waals surface area contributed by atoms with Crippen LogP contribution in [0.2, 0.25) is 0 Å². The van der Waals surface area contributed by atoms with E-state index in [1.165, 1.54) is 24.0 Å². The molecule has 0 aliphatic heterocycles. The largest absolute Gasteiger partial charge is 0.346 e. The minimum Gasteiger partial charge on any atom is -0.346 e. The number of carbonyl (C=O) groups is 1. The van der Waals surface area contributed by atoms with E-state index in [1.807, 2.05) is 13.8 Å². The third-order valence-electron chi connectivity index (χ3n) is 3.14. The van der Waals surface area contributed by atoms with Crippen LogP contribution in [0.15, 0.2) is 29.3 Å². The summed E-state index contributed by atoms with van der Waals surface area (Å²) in [4.78, 5) is 25.0. The van der Waals surface area contributed by atoms with Gasteiger partial charge in [0.2, 0.25) is 0 Å². The van der Waals surface area contributed by atoms with Crippen LogP contribution in [-0.2, 0) is 13.6 Å².